The number of rotatable bonds is 11. The average Bonchev–Trinajstić information content (AvgIpc) is 3.70. The van der Waals surface area contributed by atoms with Gasteiger partial charge in [0.2, 0.25) is 0 Å². The van der Waals surface area contributed by atoms with Crippen LogP contribution >= 0.6 is 0 Å². The Balaban J connectivity index is 0.911. The van der Waals surface area contributed by atoms with Crippen LogP contribution in [0.15, 0.2) is 99.6 Å². The van der Waals surface area contributed by atoms with E-state index in [9.17, 15) is 14.4 Å². The van der Waals surface area contributed by atoms with Gasteiger partial charge in [0.1, 0.15) is 18.0 Å². The number of nitrogens with one attached hydrogen (secondary N) is 3. The SMILES string of the molecule is Cc1cc(-c2cc(Nc3ccc(N4CCN(CCc5ccc(-n6ccc(=O)[nH]c6=O)cc5)C[C@H]4C)cn3)ncn2)ccc1[C@@H](C)NC(=O)c1nc(C(C)(C)C)no1. The first-order chi connectivity index (χ1) is 27.3. The molecule has 5 heterocycles. The molecule has 3 N–H and O–H groups in total. The molecular weight excluding hydrogens is 723 g/mol. The molecule has 1 fully saturated rings. The molecule has 0 aliphatic carbocycles. The molecule has 1 saturated heterocycles. The molecule has 7 rings (SSSR count). The van der Waals surface area contributed by atoms with Gasteiger partial charge >= 0.3 is 17.5 Å². The summed E-state index contributed by atoms with van der Waals surface area (Å²) in [5.74, 6) is 1.31. The van der Waals surface area contributed by atoms with Crippen LogP contribution in [0.1, 0.15) is 73.9 Å². The zero-order valence-corrected chi connectivity index (χ0v) is 33.0. The van der Waals surface area contributed by atoms with E-state index in [2.05, 4.69) is 58.5 Å². The lowest BCUT2D eigenvalue weighted by molar-refractivity contribution is 0.0895. The van der Waals surface area contributed by atoms with Crippen LogP contribution in [0.2, 0.25) is 0 Å². The highest BCUT2D eigenvalue weighted by Gasteiger charge is 2.26. The quantitative estimate of drug-likeness (QED) is 0.154. The first-order valence-corrected chi connectivity index (χ1v) is 19.0. The number of carbonyl (C=O) groups excluding carboxylic acids is 1. The predicted octanol–water partition coefficient (Wildman–Crippen LogP) is 5.35. The van der Waals surface area contributed by atoms with Crippen molar-refractivity contribution in [3.8, 4) is 16.9 Å². The zero-order chi connectivity index (χ0) is 40.3. The Bertz CT molecular complexity index is 2470. The summed E-state index contributed by atoms with van der Waals surface area (Å²) in [7, 11) is 0. The number of carbonyl (C=O) groups is 1. The Morgan fingerprint density at radius 3 is 2.44 bits per heavy atom. The zero-order valence-electron chi connectivity index (χ0n) is 33.0. The third-order valence-electron chi connectivity index (χ3n) is 10.1. The maximum atomic E-state index is 12.8. The summed E-state index contributed by atoms with van der Waals surface area (Å²) in [4.78, 5) is 61.4. The van der Waals surface area contributed by atoms with Gasteiger partial charge < -0.3 is 20.1 Å². The van der Waals surface area contributed by atoms with Crippen molar-refractivity contribution in [2.45, 2.75) is 65.5 Å². The Hall–Kier alpha value is -6.48. The van der Waals surface area contributed by atoms with Crippen LogP contribution in [0, 0.1) is 6.92 Å². The minimum atomic E-state index is -0.452. The van der Waals surface area contributed by atoms with Crippen molar-refractivity contribution in [2.24, 2.45) is 0 Å². The number of benzene rings is 2. The second-order valence-corrected chi connectivity index (χ2v) is 15.5. The average molecular weight is 770 g/mol. The summed E-state index contributed by atoms with van der Waals surface area (Å²) in [5, 5.41) is 10.2. The number of piperazine rings is 1. The van der Waals surface area contributed by atoms with Gasteiger partial charge in [0.05, 0.1) is 29.3 Å². The Morgan fingerprint density at radius 1 is 0.965 bits per heavy atom. The van der Waals surface area contributed by atoms with Crippen LogP contribution in [0.3, 0.4) is 0 Å². The standard InChI is InChI=1S/C42H47N11O4/c1-26-21-30(9-13-33(26)28(3)46-38(55)39-49-40(50-57-39)42(4,5)6)34-22-36(45-25-44-34)47-35-14-12-32(23-43-35)52-20-19-51(24-27(52)2)17-15-29-7-10-31(11-8-29)53-18-16-37(54)48-41(53)56/h7-14,16,18,21-23,25,27-28H,15,17,19-20,24H2,1-6H3,(H,46,55)(H,48,54,56)(H,43,44,45,47)/t27-,28-/m1/s1. The fourth-order valence-corrected chi connectivity index (χ4v) is 6.97. The molecule has 294 valence electrons. The molecule has 1 aliphatic heterocycles. The smallest absolute Gasteiger partial charge is 0.332 e. The molecule has 1 aliphatic rings. The number of aryl methyl sites for hydroxylation is 1. The van der Waals surface area contributed by atoms with Crippen LogP contribution in [0.4, 0.5) is 17.3 Å². The predicted molar refractivity (Wildman–Crippen MR) is 218 cm³/mol. The van der Waals surface area contributed by atoms with E-state index in [4.69, 9.17) is 9.51 Å². The van der Waals surface area contributed by atoms with Gasteiger partial charge in [0, 0.05) is 61.5 Å². The number of amides is 1. The third-order valence-corrected chi connectivity index (χ3v) is 10.1. The maximum Gasteiger partial charge on any atom is 0.332 e. The molecule has 0 radical (unpaired) electrons. The molecule has 6 aromatic rings. The molecule has 15 heteroatoms. The summed E-state index contributed by atoms with van der Waals surface area (Å²) in [5.41, 5.74) is 5.41. The van der Waals surface area contributed by atoms with Gasteiger partial charge in [-0.2, -0.15) is 4.98 Å². The normalized spacial score (nSPS) is 15.3. The highest BCUT2D eigenvalue weighted by atomic mass is 16.5. The van der Waals surface area contributed by atoms with Crippen molar-refractivity contribution in [3.05, 3.63) is 135 Å². The van der Waals surface area contributed by atoms with Gasteiger partial charge in [-0.15, -0.1) is 0 Å². The lowest BCUT2D eigenvalue weighted by Crippen LogP contribution is -2.52. The lowest BCUT2D eigenvalue weighted by Gasteiger charge is -2.41. The van der Waals surface area contributed by atoms with Crippen LogP contribution in [0.25, 0.3) is 16.9 Å². The second kappa shape index (κ2) is 16.3. The minimum Gasteiger partial charge on any atom is -0.365 e. The van der Waals surface area contributed by atoms with Crippen molar-refractivity contribution in [1.82, 2.24) is 44.9 Å². The van der Waals surface area contributed by atoms with E-state index in [-0.39, 0.29) is 17.3 Å². The van der Waals surface area contributed by atoms with Gasteiger partial charge in [0.15, 0.2) is 5.82 Å². The largest absolute Gasteiger partial charge is 0.365 e. The fourth-order valence-electron chi connectivity index (χ4n) is 6.97. The molecule has 0 bridgehead atoms. The van der Waals surface area contributed by atoms with Gasteiger partial charge in [-0.25, -0.2) is 19.7 Å². The van der Waals surface area contributed by atoms with Crippen LogP contribution in [0.5, 0.6) is 0 Å². The third kappa shape index (κ3) is 9.15. The molecule has 15 nitrogen and oxygen atoms in total. The van der Waals surface area contributed by atoms with Gasteiger partial charge in [-0.3, -0.25) is 24.0 Å². The number of pyridine rings is 1. The molecule has 1 amide bonds. The van der Waals surface area contributed by atoms with Crippen molar-refractivity contribution >= 4 is 23.2 Å². The summed E-state index contributed by atoms with van der Waals surface area (Å²) in [6.45, 7) is 15.7. The topological polar surface area (TPSA) is 180 Å². The van der Waals surface area contributed by atoms with E-state index >= 15 is 0 Å². The fraction of sp³-hybridized carbons (Fsp3) is 0.333. The van der Waals surface area contributed by atoms with Crippen LogP contribution in [-0.4, -0.2) is 77.7 Å². The molecular formula is C42H47N11O4. The van der Waals surface area contributed by atoms with E-state index in [0.29, 0.717) is 29.2 Å². The molecule has 0 saturated carbocycles. The first-order valence-electron chi connectivity index (χ1n) is 19.0. The molecule has 2 aromatic carbocycles. The molecule has 2 atom stereocenters. The van der Waals surface area contributed by atoms with Crippen molar-refractivity contribution in [3.63, 3.8) is 0 Å². The van der Waals surface area contributed by atoms with Crippen molar-refractivity contribution in [1.29, 1.82) is 0 Å². The molecule has 57 heavy (non-hydrogen) atoms. The molecule has 4 aromatic heterocycles. The maximum absolute atomic E-state index is 12.8. The minimum absolute atomic E-state index is 0.0565. The number of anilines is 3. The summed E-state index contributed by atoms with van der Waals surface area (Å²) in [6, 6.07) is 21.2. The van der Waals surface area contributed by atoms with Crippen molar-refractivity contribution in [2.75, 3.05) is 36.4 Å². The molecule has 0 unspecified atom stereocenters. The summed E-state index contributed by atoms with van der Waals surface area (Å²) in [6.07, 6.45) is 5.81. The van der Waals surface area contributed by atoms with E-state index in [1.54, 1.807) is 0 Å². The highest BCUT2D eigenvalue weighted by molar-refractivity contribution is 5.89. The number of aromatic amines is 1. The Morgan fingerprint density at radius 2 is 1.75 bits per heavy atom. The van der Waals surface area contributed by atoms with Gasteiger partial charge in [-0.1, -0.05) is 50.2 Å². The first kappa shape index (κ1) is 38.8. The number of nitrogens with zero attached hydrogens (tertiary/aromatic N) is 8. The number of aromatic nitrogens is 7. The summed E-state index contributed by atoms with van der Waals surface area (Å²) >= 11 is 0. The van der Waals surface area contributed by atoms with E-state index in [1.165, 1.54) is 28.7 Å². The van der Waals surface area contributed by atoms with Crippen LogP contribution in [-0.2, 0) is 11.8 Å². The second-order valence-electron chi connectivity index (χ2n) is 15.5. The molecule has 0 spiro atoms. The van der Waals surface area contributed by atoms with Gasteiger partial charge in [0.25, 0.3) is 5.56 Å². The Labute approximate surface area is 330 Å². The van der Waals surface area contributed by atoms with Gasteiger partial charge in [-0.05, 0) is 74.2 Å². The van der Waals surface area contributed by atoms with E-state index < -0.39 is 17.2 Å². The summed E-state index contributed by atoms with van der Waals surface area (Å²) < 4.78 is 6.64. The lowest BCUT2D eigenvalue weighted by atomic mass is 9.96. The Kier molecular flexibility index (Phi) is 11.1. The van der Waals surface area contributed by atoms with E-state index in [0.717, 1.165) is 60.7 Å². The van der Waals surface area contributed by atoms with Crippen molar-refractivity contribution < 1.29 is 9.32 Å². The number of H-pyrrole nitrogens is 1. The number of hydrogen-bond donors (Lipinski definition) is 3. The highest BCUT2D eigenvalue weighted by Crippen LogP contribution is 2.27. The van der Waals surface area contributed by atoms with Crippen LogP contribution < -0.4 is 26.8 Å². The number of hydrogen-bond acceptors (Lipinski definition) is 12. The van der Waals surface area contributed by atoms with E-state index in [1.807, 2.05) is 95.4 Å². The monoisotopic (exact) mass is 769 g/mol.